The van der Waals surface area contributed by atoms with Gasteiger partial charge < -0.3 is 9.88 Å². The average Bonchev–Trinajstić information content (AvgIpc) is 3.25. The Bertz CT molecular complexity index is 1340. The topological polar surface area (TPSA) is 86.7 Å². The molecular formula is C23H24N6O2S. The van der Waals surface area contributed by atoms with E-state index in [1.807, 2.05) is 73.1 Å². The lowest BCUT2D eigenvalue weighted by molar-refractivity contribution is -0.113. The smallest absolute Gasteiger partial charge is 0.295 e. The average molecular weight is 449 g/mol. The summed E-state index contributed by atoms with van der Waals surface area (Å²) in [6.45, 7) is 3.83. The SMILES string of the molecule is Cc1ccccc1-c1nnc(SCC(=O)Nc2c(C)n(C)n(-c3ccccc3)c2=O)n1C. The van der Waals surface area contributed by atoms with Crippen LogP contribution >= 0.6 is 11.8 Å². The van der Waals surface area contributed by atoms with Gasteiger partial charge in [-0.1, -0.05) is 54.2 Å². The van der Waals surface area contributed by atoms with E-state index in [2.05, 4.69) is 15.5 Å². The molecule has 9 heteroatoms. The molecule has 0 atom stereocenters. The second-order valence-electron chi connectivity index (χ2n) is 7.45. The number of hydrogen-bond acceptors (Lipinski definition) is 5. The van der Waals surface area contributed by atoms with E-state index >= 15 is 0 Å². The Labute approximate surface area is 189 Å². The third-order valence-electron chi connectivity index (χ3n) is 5.37. The second-order valence-corrected chi connectivity index (χ2v) is 8.40. The fourth-order valence-corrected chi connectivity index (χ4v) is 4.23. The zero-order chi connectivity index (χ0) is 22.8. The van der Waals surface area contributed by atoms with Crippen molar-refractivity contribution in [2.45, 2.75) is 19.0 Å². The van der Waals surface area contributed by atoms with Gasteiger partial charge in [0.05, 0.1) is 17.1 Å². The molecule has 4 rings (SSSR count). The van der Waals surface area contributed by atoms with E-state index in [9.17, 15) is 9.59 Å². The van der Waals surface area contributed by atoms with Crippen molar-refractivity contribution < 1.29 is 4.79 Å². The number of hydrogen-bond donors (Lipinski definition) is 1. The molecule has 2 aromatic heterocycles. The van der Waals surface area contributed by atoms with Crippen molar-refractivity contribution in [3.63, 3.8) is 0 Å². The summed E-state index contributed by atoms with van der Waals surface area (Å²) >= 11 is 1.28. The molecule has 0 aliphatic heterocycles. The molecule has 1 amide bonds. The van der Waals surface area contributed by atoms with Crippen LogP contribution in [0.1, 0.15) is 11.3 Å². The lowest BCUT2D eigenvalue weighted by atomic mass is 10.1. The van der Waals surface area contributed by atoms with Gasteiger partial charge in [-0.3, -0.25) is 14.3 Å². The number of anilines is 1. The van der Waals surface area contributed by atoms with Crippen LogP contribution in [-0.4, -0.2) is 35.8 Å². The van der Waals surface area contributed by atoms with Gasteiger partial charge in [-0.25, -0.2) is 4.68 Å². The number of aryl methyl sites for hydroxylation is 1. The Morgan fingerprint density at radius 3 is 2.41 bits per heavy atom. The van der Waals surface area contributed by atoms with Crippen LogP contribution in [0.4, 0.5) is 5.69 Å². The molecule has 0 fully saturated rings. The van der Waals surface area contributed by atoms with Gasteiger partial charge in [0.2, 0.25) is 5.91 Å². The van der Waals surface area contributed by atoms with Crippen molar-refractivity contribution in [1.29, 1.82) is 0 Å². The summed E-state index contributed by atoms with van der Waals surface area (Å²) in [6, 6.07) is 17.3. The number of nitrogens with zero attached hydrogens (tertiary/aromatic N) is 5. The third-order valence-corrected chi connectivity index (χ3v) is 6.39. The molecule has 0 spiro atoms. The molecule has 8 nitrogen and oxygen atoms in total. The first-order valence-electron chi connectivity index (χ1n) is 10.1. The van der Waals surface area contributed by atoms with Gasteiger partial charge in [-0.05, 0) is 31.5 Å². The lowest BCUT2D eigenvalue weighted by Crippen LogP contribution is -2.23. The second kappa shape index (κ2) is 8.88. The number of amides is 1. The molecule has 32 heavy (non-hydrogen) atoms. The molecule has 0 radical (unpaired) electrons. The lowest BCUT2D eigenvalue weighted by Gasteiger charge is -2.07. The largest absolute Gasteiger partial charge is 0.319 e. The predicted octanol–water partition coefficient (Wildman–Crippen LogP) is 3.32. The minimum absolute atomic E-state index is 0.110. The van der Waals surface area contributed by atoms with E-state index in [0.29, 0.717) is 10.9 Å². The van der Waals surface area contributed by atoms with Crippen LogP contribution in [0.2, 0.25) is 0 Å². The standard InChI is InChI=1S/C23H24N6O2S/c1-15-10-8-9-13-18(15)21-25-26-23(27(21)3)32-14-19(30)24-20-16(2)28(4)29(22(20)31)17-11-6-5-7-12-17/h5-13H,14H2,1-4H3,(H,24,30). The van der Waals surface area contributed by atoms with E-state index in [1.165, 1.54) is 16.4 Å². The molecule has 0 saturated carbocycles. The number of nitrogens with one attached hydrogen (secondary N) is 1. The van der Waals surface area contributed by atoms with Crippen molar-refractivity contribution in [1.82, 2.24) is 24.1 Å². The summed E-state index contributed by atoms with van der Waals surface area (Å²) in [4.78, 5) is 25.6. The van der Waals surface area contributed by atoms with Crippen LogP contribution in [0, 0.1) is 13.8 Å². The summed E-state index contributed by atoms with van der Waals surface area (Å²) in [6.07, 6.45) is 0. The zero-order valence-electron chi connectivity index (χ0n) is 18.4. The summed E-state index contributed by atoms with van der Waals surface area (Å²) in [7, 11) is 3.67. The van der Waals surface area contributed by atoms with Gasteiger partial charge >= 0.3 is 0 Å². The van der Waals surface area contributed by atoms with Gasteiger partial charge in [0.1, 0.15) is 5.69 Å². The maximum Gasteiger partial charge on any atom is 0.295 e. The zero-order valence-corrected chi connectivity index (χ0v) is 19.2. The van der Waals surface area contributed by atoms with Gasteiger partial charge in [0.25, 0.3) is 5.56 Å². The Morgan fingerprint density at radius 2 is 1.69 bits per heavy atom. The number of thioether (sulfide) groups is 1. The molecule has 0 unspecified atom stereocenters. The molecule has 0 bridgehead atoms. The van der Waals surface area contributed by atoms with E-state index < -0.39 is 0 Å². The van der Waals surface area contributed by atoms with Gasteiger partial charge in [-0.2, -0.15) is 0 Å². The number of benzene rings is 2. The molecule has 4 aromatic rings. The van der Waals surface area contributed by atoms with Crippen molar-refractivity contribution in [3.05, 3.63) is 76.2 Å². The molecule has 2 heterocycles. The summed E-state index contributed by atoms with van der Waals surface area (Å²) in [5.41, 5.74) is 3.53. The fraction of sp³-hybridized carbons (Fsp3) is 0.217. The Hall–Kier alpha value is -3.59. The third kappa shape index (κ3) is 3.99. The summed E-state index contributed by atoms with van der Waals surface area (Å²) in [5.74, 6) is 0.580. The molecule has 0 aliphatic rings. The van der Waals surface area contributed by atoms with E-state index in [4.69, 9.17) is 0 Å². The summed E-state index contributed by atoms with van der Waals surface area (Å²) < 4.78 is 5.14. The minimum atomic E-state index is -0.276. The summed E-state index contributed by atoms with van der Waals surface area (Å²) in [5, 5.41) is 11.9. The highest BCUT2D eigenvalue weighted by Gasteiger charge is 2.19. The van der Waals surface area contributed by atoms with E-state index in [0.717, 1.165) is 22.6 Å². The first-order chi connectivity index (χ1) is 15.4. The van der Waals surface area contributed by atoms with Gasteiger partial charge in [-0.15, -0.1) is 10.2 Å². The van der Waals surface area contributed by atoms with E-state index in [1.54, 1.807) is 18.7 Å². The normalized spacial score (nSPS) is 11.0. The van der Waals surface area contributed by atoms with Crippen LogP contribution in [0.15, 0.2) is 64.5 Å². The highest BCUT2D eigenvalue weighted by atomic mass is 32.2. The quantitative estimate of drug-likeness (QED) is 0.457. The maximum absolute atomic E-state index is 13.0. The molecule has 0 aliphatic carbocycles. The Balaban J connectivity index is 1.49. The van der Waals surface area contributed by atoms with Gasteiger partial charge in [0.15, 0.2) is 11.0 Å². The van der Waals surface area contributed by atoms with Crippen LogP contribution in [0.25, 0.3) is 17.1 Å². The molecular weight excluding hydrogens is 424 g/mol. The number of rotatable bonds is 6. The van der Waals surface area contributed by atoms with Crippen LogP contribution in [0.3, 0.4) is 0 Å². The Kier molecular flexibility index (Phi) is 6.00. The monoisotopic (exact) mass is 448 g/mol. The predicted molar refractivity (Wildman–Crippen MR) is 126 cm³/mol. The molecule has 0 saturated heterocycles. The first-order valence-corrected chi connectivity index (χ1v) is 11.1. The van der Waals surface area contributed by atoms with E-state index in [-0.39, 0.29) is 22.9 Å². The van der Waals surface area contributed by atoms with Crippen molar-refractivity contribution >= 4 is 23.4 Å². The minimum Gasteiger partial charge on any atom is -0.319 e. The van der Waals surface area contributed by atoms with Crippen LogP contribution in [0.5, 0.6) is 0 Å². The first kappa shape index (κ1) is 21.6. The highest BCUT2D eigenvalue weighted by molar-refractivity contribution is 7.99. The van der Waals surface area contributed by atoms with Crippen molar-refractivity contribution in [2.75, 3.05) is 11.1 Å². The van der Waals surface area contributed by atoms with Crippen LogP contribution < -0.4 is 10.9 Å². The van der Waals surface area contributed by atoms with Crippen molar-refractivity contribution in [2.24, 2.45) is 14.1 Å². The van der Waals surface area contributed by atoms with Crippen molar-refractivity contribution in [3.8, 4) is 17.1 Å². The Morgan fingerprint density at radius 1 is 1.00 bits per heavy atom. The number of para-hydroxylation sites is 1. The molecule has 2 aromatic carbocycles. The number of carbonyl (C=O) groups is 1. The highest BCUT2D eigenvalue weighted by Crippen LogP contribution is 2.25. The fourth-order valence-electron chi connectivity index (χ4n) is 3.52. The molecule has 164 valence electrons. The number of carbonyl (C=O) groups excluding carboxylic acids is 1. The number of aromatic nitrogens is 5. The van der Waals surface area contributed by atoms with Gasteiger partial charge in [0, 0.05) is 19.7 Å². The van der Waals surface area contributed by atoms with Crippen LogP contribution in [-0.2, 0) is 18.9 Å². The maximum atomic E-state index is 13.0. The molecule has 1 N–H and O–H groups in total.